The van der Waals surface area contributed by atoms with E-state index in [1.807, 2.05) is 5.32 Å². The Balaban J connectivity index is 2.00. The number of benzene rings is 2. The first kappa shape index (κ1) is 21.4. The van der Waals surface area contributed by atoms with Crippen molar-refractivity contribution >= 4 is 56.2 Å². The summed E-state index contributed by atoms with van der Waals surface area (Å²) in [6.45, 7) is 0. The molecule has 0 bridgehead atoms. The fraction of sp³-hybridized carbons (Fsp3) is 0.176. The minimum absolute atomic E-state index is 0.00241. The van der Waals surface area contributed by atoms with Crippen LogP contribution in [-0.4, -0.2) is 32.5 Å². The Morgan fingerprint density at radius 2 is 1.79 bits per heavy atom. The molecule has 0 aromatic heterocycles. The van der Waals surface area contributed by atoms with E-state index in [-0.39, 0.29) is 21.3 Å². The van der Waals surface area contributed by atoms with Crippen LogP contribution in [0.15, 0.2) is 41.3 Å². The zero-order valence-electron chi connectivity index (χ0n) is 14.4. The standard InChI is InChI=1S/C17H11Cl2F3N2O4S/c1-24-12-6-8(18)2-5-13(12)29(27,28)14(16(24)26)15(25)23-9-3-4-11(19)10(7-9)17(20,21)22/h2-7,14H,1H3,(H,23,25). The highest BCUT2D eigenvalue weighted by atomic mass is 35.5. The molecule has 6 nitrogen and oxygen atoms in total. The molecule has 29 heavy (non-hydrogen) atoms. The summed E-state index contributed by atoms with van der Waals surface area (Å²) in [7, 11) is -3.20. The predicted octanol–water partition coefficient (Wildman–Crippen LogP) is 3.77. The Morgan fingerprint density at radius 1 is 1.14 bits per heavy atom. The second-order valence-corrected chi connectivity index (χ2v) is 8.96. The Morgan fingerprint density at radius 3 is 2.41 bits per heavy atom. The van der Waals surface area contributed by atoms with Crippen LogP contribution >= 0.6 is 23.2 Å². The molecule has 2 aromatic rings. The number of halogens is 5. The van der Waals surface area contributed by atoms with E-state index < -0.39 is 43.7 Å². The number of nitrogens with zero attached hydrogens (tertiary/aromatic N) is 1. The van der Waals surface area contributed by atoms with Gasteiger partial charge in [-0.25, -0.2) is 8.42 Å². The predicted molar refractivity (Wildman–Crippen MR) is 101 cm³/mol. The molecule has 2 aromatic carbocycles. The van der Waals surface area contributed by atoms with Crippen LogP contribution in [0.1, 0.15) is 5.56 Å². The van der Waals surface area contributed by atoms with Gasteiger partial charge in [-0.1, -0.05) is 23.2 Å². The maximum absolute atomic E-state index is 13.0. The number of sulfone groups is 1. The van der Waals surface area contributed by atoms with Crippen LogP contribution in [0, 0.1) is 0 Å². The molecular weight excluding hydrogens is 456 g/mol. The number of carbonyl (C=O) groups excluding carboxylic acids is 2. The first-order chi connectivity index (χ1) is 13.3. The van der Waals surface area contributed by atoms with Gasteiger partial charge in [-0.05, 0) is 36.4 Å². The van der Waals surface area contributed by atoms with Crippen molar-refractivity contribution in [3.63, 3.8) is 0 Å². The smallest absolute Gasteiger partial charge is 0.324 e. The third kappa shape index (κ3) is 3.79. The van der Waals surface area contributed by atoms with E-state index in [0.717, 1.165) is 23.1 Å². The minimum Gasteiger partial charge on any atom is -0.324 e. The Hall–Kier alpha value is -2.30. The highest BCUT2D eigenvalue weighted by Gasteiger charge is 2.48. The van der Waals surface area contributed by atoms with Crippen molar-refractivity contribution in [1.29, 1.82) is 0 Å². The molecule has 0 radical (unpaired) electrons. The molecular formula is C17H11Cl2F3N2O4S. The van der Waals surface area contributed by atoms with Gasteiger partial charge in [-0.3, -0.25) is 9.59 Å². The molecule has 12 heteroatoms. The van der Waals surface area contributed by atoms with Crippen molar-refractivity contribution in [2.24, 2.45) is 0 Å². The molecule has 2 amide bonds. The largest absolute Gasteiger partial charge is 0.417 e. The minimum atomic E-state index is -4.79. The van der Waals surface area contributed by atoms with Gasteiger partial charge in [0.25, 0.3) is 11.8 Å². The Kier molecular flexibility index (Phi) is 5.31. The van der Waals surface area contributed by atoms with Gasteiger partial charge < -0.3 is 10.2 Å². The van der Waals surface area contributed by atoms with Crippen LogP contribution in [0.4, 0.5) is 24.5 Å². The second kappa shape index (κ2) is 7.19. The zero-order chi connectivity index (χ0) is 21.7. The Bertz CT molecular complexity index is 1140. The van der Waals surface area contributed by atoms with E-state index in [1.165, 1.54) is 19.2 Å². The topological polar surface area (TPSA) is 83.6 Å². The summed E-state index contributed by atoms with van der Waals surface area (Å²) in [6.07, 6.45) is -4.79. The van der Waals surface area contributed by atoms with E-state index in [2.05, 4.69) is 0 Å². The number of alkyl halides is 3. The third-order valence-electron chi connectivity index (χ3n) is 4.23. The van der Waals surface area contributed by atoms with Crippen molar-refractivity contribution in [2.45, 2.75) is 16.3 Å². The van der Waals surface area contributed by atoms with Crippen LogP contribution in [0.25, 0.3) is 0 Å². The molecule has 3 rings (SSSR count). The van der Waals surface area contributed by atoms with Crippen LogP contribution in [-0.2, 0) is 25.6 Å². The number of carbonyl (C=O) groups is 2. The van der Waals surface area contributed by atoms with Gasteiger partial charge in [0, 0.05) is 17.8 Å². The lowest BCUT2D eigenvalue weighted by atomic mass is 10.2. The fourth-order valence-corrected chi connectivity index (χ4v) is 4.98. The SMILES string of the molecule is CN1C(=O)C(C(=O)Nc2ccc(Cl)c(C(F)(F)F)c2)S(=O)(=O)c2ccc(Cl)cc21. The summed E-state index contributed by atoms with van der Waals surface area (Å²) in [4.78, 5) is 25.8. The number of anilines is 2. The van der Waals surface area contributed by atoms with Crippen molar-refractivity contribution in [1.82, 2.24) is 0 Å². The first-order valence-electron chi connectivity index (χ1n) is 7.82. The zero-order valence-corrected chi connectivity index (χ0v) is 16.7. The normalized spacial score (nSPS) is 18.3. The third-order valence-corrected chi connectivity index (χ3v) is 6.79. The molecule has 0 spiro atoms. The quantitative estimate of drug-likeness (QED) is 0.682. The number of hydrogen-bond acceptors (Lipinski definition) is 4. The number of hydrogen-bond donors (Lipinski definition) is 1. The lowest BCUT2D eigenvalue weighted by molar-refractivity contribution is -0.137. The van der Waals surface area contributed by atoms with Gasteiger partial charge in [0.2, 0.25) is 15.1 Å². The van der Waals surface area contributed by atoms with Gasteiger partial charge in [0.1, 0.15) is 0 Å². The van der Waals surface area contributed by atoms with E-state index in [0.29, 0.717) is 6.07 Å². The maximum Gasteiger partial charge on any atom is 0.417 e. The molecule has 1 atom stereocenters. The molecule has 1 aliphatic heterocycles. The summed E-state index contributed by atoms with van der Waals surface area (Å²) in [5.41, 5.74) is -1.58. The van der Waals surface area contributed by atoms with Crippen molar-refractivity contribution in [3.8, 4) is 0 Å². The summed E-state index contributed by atoms with van der Waals surface area (Å²) in [5, 5.41) is -0.537. The van der Waals surface area contributed by atoms with Gasteiger partial charge in [-0.2, -0.15) is 13.2 Å². The number of amides is 2. The summed E-state index contributed by atoms with van der Waals surface area (Å²) in [6, 6.07) is 6.21. The van der Waals surface area contributed by atoms with E-state index in [9.17, 15) is 31.2 Å². The highest BCUT2D eigenvalue weighted by molar-refractivity contribution is 7.94. The highest BCUT2D eigenvalue weighted by Crippen LogP contribution is 2.38. The fourth-order valence-electron chi connectivity index (χ4n) is 2.83. The van der Waals surface area contributed by atoms with Crippen LogP contribution in [0.3, 0.4) is 0 Å². The van der Waals surface area contributed by atoms with E-state index in [1.54, 1.807) is 0 Å². The molecule has 1 unspecified atom stereocenters. The van der Waals surface area contributed by atoms with Gasteiger partial charge in [-0.15, -0.1) is 0 Å². The molecule has 154 valence electrons. The molecule has 0 saturated heterocycles. The van der Waals surface area contributed by atoms with Crippen molar-refractivity contribution in [2.75, 3.05) is 17.3 Å². The van der Waals surface area contributed by atoms with E-state index in [4.69, 9.17) is 23.2 Å². The number of fused-ring (bicyclic) bond motifs is 1. The van der Waals surface area contributed by atoms with Crippen LogP contribution < -0.4 is 10.2 Å². The number of rotatable bonds is 2. The first-order valence-corrected chi connectivity index (χ1v) is 10.1. The second-order valence-electron chi connectivity index (χ2n) is 6.12. The van der Waals surface area contributed by atoms with Crippen molar-refractivity contribution < 1.29 is 31.2 Å². The molecule has 1 heterocycles. The Labute approximate surface area is 173 Å². The monoisotopic (exact) mass is 466 g/mol. The molecule has 1 N–H and O–H groups in total. The summed E-state index contributed by atoms with van der Waals surface area (Å²) >= 11 is 11.4. The van der Waals surface area contributed by atoms with Crippen LogP contribution in [0.5, 0.6) is 0 Å². The molecule has 0 fully saturated rings. The van der Waals surface area contributed by atoms with E-state index >= 15 is 0 Å². The molecule has 0 saturated carbocycles. The average molecular weight is 467 g/mol. The lowest BCUT2D eigenvalue weighted by Crippen LogP contribution is -2.51. The number of nitrogens with one attached hydrogen (secondary N) is 1. The van der Waals surface area contributed by atoms with Crippen LogP contribution in [0.2, 0.25) is 10.0 Å². The van der Waals surface area contributed by atoms with Gasteiger partial charge >= 0.3 is 6.18 Å². The maximum atomic E-state index is 13.0. The van der Waals surface area contributed by atoms with Gasteiger partial charge in [0.15, 0.2) is 0 Å². The lowest BCUT2D eigenvalue weighted by Gasteiger charge is -2.30. The summed E-state index contributed by atoms with van der Waals surface area (Å²) in [5.74, 6) is -2.36. The van der Waals surface area contributed by atoms with Crippen molar-refractivity contribution in [3.05, 3.63) is 52.0 Å². The molecule has 1 aliphatic rings. The molecule has 0 aliphatic carbocycles. The average Bonchev–Trinajstić information content (AvgIpc) is 2.60. The summed E-state index contributed by atoms with van der Waals surface area (Å²) < 4.78 is 64.6. The van der Waals surface area contributed by atoms with Gasteiger partial charge in [0.05, 0.1) is 21.2 Å².